The molecule has 1 atom stereocenters. The van der Waals surface area contributed by atoms with Gasteiger partial charge in [-0.25, -0.2) is 0 Å². The van der Waals surface area contributed by atoms with E-state index >= 15 is 0 Å². The van der Waals surface area contributed by atoms with Gasteiger partial charge in [0.05, 0.1) is 0 Å². The van der Waals surface area contributed by atoms with Gasteiger partial charge >= 0.3 is 0 Å². The van der Waals surface area contributed by atoms with Crippen molar-refractivity contribution < 1.29 is 14.4 Å². The summed E-state index contributed by atoms with van der Waals surface area (Å²) >= 11 is 0. The van der Waals surface area contributed by atoms with Gasteiger partial charge in [-0.15, -0.1) is 0 Å². The summed E-state index contributed by atoms with van der Waals surface area (Å²) in [6, 6.07) is 13.3. The first-order valence-electron chi connectivity index (χ1n) is 10.4. The summed E-state index contributed by atoms with van der Waals surface area (Å²) in [6.07, 6.45) is 0.628. The molecular weight excluding hydrogens is 380 g/mol. The molecule has 0 aromatic heterocycles. The predicted molar refractivity (Wildman–Crippen MR) is 114 cm³/mol. The quantitative estimate of drug-likeness (QED) is 0.613. The Morgan fingerprint density at radius 3 is 2.63 bits per heavy atom. The molecule has 0 bridgehead atoms. The van der Waals surface area contributed by atoms with Crippen LogP contribution in [-0.2, 0) is 29.2 Å². The molecule has 4 rings (SSSR count). The van der Waals surface area contributed by atoms with Crippen molar-refractivity contribution in [3.63, 3.8) is 0 Å². The molecule has 2 heterocycles. The number of nitrogens with one attached hydrogen (secondary N) is 3. The van der Waals surface area contributed by atoms with Crippen LogP contribution in [0.4, 0.5) is 5.69 Å². The molecule has 0 aliphatic carbocycles. The fourth-order valence-corrected chi connectivity index (χ4v) is 4.11. The van der Waals surface area contributed by atoms with Gasteiger partial charge in [0.1, 0.15) is 6.04 Å². The average molecular weight is 406 g/mol. The van der Waals surface area contributed by atoms with Crippen molar-refractivity contribution in [2.24, 2.45) is 0 Å². The monoisotopic (exact) mass is 406 g/mol. The summed E-state index contributed by atoms with van der Waals surface area (Å²) in [5, 5.41) is 9.19. The van der Waals surface area contributed by atoms with Crippen molar-refractivity contribution >= 4 is 23.4 Å². The summed E-state index contributed by atoms with van der Waals surface area (Å²) < 4.78 is 0. The van der Waals surface area contributed by atoms with E-state index in [1.165, 1.54) is 5.56 Å². The zero-order valence-electron chi connectivity index (χ0n) is 17.0. The Labute approximate surface area is 175 Å². The molecule has 0 radical (unpaired) electrons. The maximum Gasteiger partial charge on any atom is 0.255 e. The molecule has 2 aromatic rings. The summed E-state index contributed by atoms with van der Waals surface area (Å²) in [5.74, 6) is -0.806. The summed E-state index contributed by atoms with van der Waals surface area (Å²) in [6.45, 7) is 4.74. The number of hydrogen-bond donors (Lipinski definition) is 3. The number of amides is 3. The van der Waals surface area contributed by atoms with Gasteiger partial charge in [-0.2, -0.15) is 0 Å². The molecule has 7 nitrogen and oxygen atoms in total. The lowest BCUT2D eigenvalue weighted by Gasteiger charge is -2.29. The van der Waals surface area contributed by atoms with E-state index in [4.69, 9.17) is 0 Å². The van der Waals surface area contributed by atoms with Gasteiger partial charge in [-0.05, 0) is 41.8 Å². The number of imide groups is 1. The number of rotatable bonds is 7. The molecule has 0 spiro atoms. The van der Waals surface area contributed by atoms with Gasteiger partial charge < -0.3 is 15.5 Å². The molecule has 0 saturated carbocycles. The van der Waals surface area contributed by atoms with Gasteiger partial charge in [0.25, 0.3) is 5.91 Å². The van der Waals surface area contributed by atoms with Crippen LogP contribution in [0.3, 0.4) is 0 Å². The van der Waals surface area contributed by atoms with Crippen LogP contribution in [0.5, 0.6) is 0 Å². The smallest absolute Gasteiger partial charge is 0.255 e. The second-order valence-corrected chi connectivity index (χ2v) is 7.63. The highest BCUT2D eigenvalue weighted by Crippen LogP contribution is 2.30. The number of carbonyl (C=O) groups excluding carboxylic acids is 3. The average Bonchev–Trinajstić information content (AvgIpc) is 3.08. The number of nitrogens with zero attached hydrogens (tertiary/aromatic N) is 1. The highest BCUT2D eigenvalue weighted by molar-refractivity contribution is 6.05. The highest BCUT2D eigenvalue weighted by atomic mass is 16.2. The minimum absolute atomic E-state index is 0.145. The fraction of sp³-hybridized carbons (Fsp3) is 0.348. The Bertz CT molecular complexity index is 988. The molecule has 3 N–H and O–H groups in total. The van der Waals surface area contributed by atoms with Crippen molar-refractivity contribution in [3.05, 3.63) is 64.7 Å². The van der Waals surface area contributed by atoms with Crippen LogP contribution < -0.4 is 16.0 Å². The lowest BCUT2D eigenvalue weighted by molar-refractivity contribution is -0.136. The topological polar surface area (TPSA) is 90.5 Å². The molecule has 156 valence electrons. The van der Waals surface area contributed by atoms with Crippen LogP contribution in [0.1, 0.15) is 46.8 Å². The van der Waals surface area contributed by atoms with E-state index in [2.05, 4.69) is 35.0 Å². The first-order valence-corrected chi connectivity index (χ1v) is 10.4. The van der Waals surface area contributed by atoms with E-state index in [-0.39, 0.29) is 24.1 Å². The minimum Gasteiger partial charge on any atom is -0.381 e. The molecule has 1 unspecified atom stereocenters. The molecule has 2 aliphatic heterocycles. The van der Waals surface area contributed by atoms with Gasteiger partial charge in [0.2, 0.25) is 11.8 Å². The molecule has 1 saturated heterocycles. The highest BCUT2D eigenvalue weighted by Gasteiger charge is 2.39. The molecular formula is C23H26N4O3. The van der Waals surface area contributed by atoms with E-state index in [1.54, 1.807) is 4.90 Å². The van der Waals surface area contributed by atoms with Crippen LogP contribution >= 0.6 is 0 Å². The second-order valence-electron chi connectivity index (χ2n) is 7.63. The fourth-order valence-electron chi connectivity index (χ4n) is 4.11. The predicted octanol–water partition coefficient (Wildman–Crippen LogP) is 2.17. The standard InChI is InChI=1S/C23H26N4O3/c1-2-24-12-16-6-3-4-9-19(16)25-13-15-7-5-8-17-18(15)14-27(23(17)30)20-10-11-21(28)26-22(20)29/h3-9,20,24-25H,2,10-14H2,1H3,(H,26,28,29). The van der Waals surface area contributed by atoms with Crippen molar-refractivity contribution in [2.45, 2.75) is 45.4 Å². The number of para-hydroxylation sites is 1. The molecule has 30 heavy (non-hydrogen) atoms. The number of anilines is 1. The van der Waals surface area contributed by atoms with E-state index in [0.717, 1.165) is 29.9 Å². The van der Waals surface area contributed by atoms with Crippen LogP contribution in [-0.4, -0.2) is 35.2 Å². The van der Waals surface area contributed by atoms with Crippen molar-refractivity contribution in [1.82, 2.24) is 15.5 Å². The zero-order chi connectivity index (χ0) is 21.1. The third-order valence-corrected chi connectivity index (χ3v) is 5.73. The largest absolute Gasteiger partial charge is 0.381 e. The molecule has 1 fully saturated rings. The number of fused-ring (bicyclic) bond motifs is 1. The third kappa shape index (κ3) is 3.93. The van der Waals surface area contributed by atoms with Crippen LogP contribution in [0, 0.1) is 0 Å². The van der Waals surface area contributed by atoms with Gasteiger partial charge in [0.15, 0.2) is 0 Å². The summed E-state index contributed by atoms with van der Waals surface area (Å²) in [7, 11) is 0. The molecule has 3 amide bonds. The first-order chi connectivity index (χ1) is 14.6. The third-order valence-electron chi connectivity index (χ3n) is 5.73. The molecule has 2 aromatic carbocycles. The Morgan fingerprint density at radius 1 is 1.03 bits per heavy atom. The Balaban J connectivity index is 1.51. The number of piperidine rings is 1. The second kappa shape index (κ2) is 8.67. The van der Waals surface area contributed by atoms with Crippen LogP contribution in [0.2, 0.25) is 0 Å². The van der Waals surface area contributed by atoms with Crippen molar-refractivity contribution in [3.8, 4) is 0 Å². The Hall–Kier alpha value is -3.19. The molecule has 2 aliphatic rings. The van der Waals surface area contributed by atoms with Gasteiger partial charge in [-0.3, -0.25) is 19.7 Å². The van der Waals surface area contributed by atoms with E-state index < -0.39 is 6.04 Å². The van der Waals surface area contributed by atoms with Crippen molar-refractivity contribution in [2.75, 3.05) is 11.9 Å². The Kier molecular flexibility index (Phi) is 5.81. The molecule has 7 heteroatoms. The zero-order valence-corrected chi connectivity index (χ0v) is 17.0. The minimum atomic E-state index is -0.593. The summed E-state index contributed by atoms with van der Waals surface area (Å²) in [5.41, 5.74) is 4.87. The van der Waals surface area contributed by atoms with Crippen molar-refractivity contribution in [1.29, 1.82) is 0 Å². The lowest BCUT2D eigenvalue weighted by Crippen LogP contribution is -2.52. The van der Waals surface area contributed by atoms with Crippen LogP contribution in [0.15, 0.2) is 42.5 Å². The SMILES string of the molecule is CCNCc1ccccc1NCc1cccc2c1CN(C1CCC(=O)NC1=O)C2=O. The lowest BCUT2D eigenvalue weighted by atomic mass is 10.0. The maximum absolute atomic E-state index is 13.0. The normalized spacial score (nSPS) is 18.4. The first kappa shape index (κ1) is 20.1. The van der Waals surface area contributed by atoms with E-state index in [1.807, 2.05) is 30.3 Å². The van der Waals surface area contributed by atoms with Crippen LogP contribution in [0.25, 0.3) is 0 Å². The number of hydrogen-bond acceptors (Lipinski definition) is 5. The van der Waals surface area contributed by atoms with Gasteiger partial charge in [-0.1, -0.05) is 37.3 Å². The Morgan fingerprint density at radius 2 is 1.83 bits per heavy atom. The van der Waals surface area contributed by atoms with E-state index in [9.17, 15) is 14.4 Å². The number of carbonyl (C=O) groups is 3. The summed E-state index contributed by atoms with van der Waals surface area (Å²) in [4.78, 5) is 38.3. The van der Waals surface area contributed by atoms with Gasteiger partial charge in [0, 0.05) is 37.3 Å². The number of benzene rings is 2. The van der Waals surface area contributed by atoms with E-state index in [0.29, 0.717) is 25.1 Å². The maximum atomic E-state index is 13.0.